The van der Waals surface area contributed by atoms with Crippen molar-refractivity contribution < 1.29 is 37.1 Å². The highest BCUT2D eigenvalue weighted by atomic mass is 35.5. The summed E-state index contributed by atoms with van der Waals surface area (Å²) in [6.45, 7) is 9.19. The summed E-state index contributed by atoms with van der Waals surface area (Å²) in [5.74, 6) is -1.56. The van der Waals surface area contributed by atoms with Crippen molar-refractivity contribution in [2.75, 3.05) is 37.7 Å². The zero-order valence-corrected chi connectivity index (χ0v) is 30.3. The van der Waals surface area contributed by atoms with Crippen LogP contribution in [0.5, 0.6) is 0 Å². The summed E-state index contributed by atoms with van der Waals surface area (Å²) in [4.78, 5) is 57.4. The van der Waals surface area contributed by atoms with Crippen molar-refractivity contribution in [3.63, 3.8) is 0 Å². The molecule has 2 N–H and O–H groups in total. The SMILES string of the molecule is CCOC(=O)C(CNC(=O)CCCCc1ccc2c(n1)N(C(=O)OC(C)(C)C)CCC2)NC(=O)C1CN(S(=O)(=O)c2cc(C)cc(Cl)c2)C1. The number of fused-ring (bicyclic) bond motifs is 1. The van der Waals surface area contributed by atoms with Gasteiger partial charge in [-0.2, -0.15) is 4.31 Å². The highest BCUT2D eigenvalue weighted by Gasteiger charge is 2.41. The van der Waals surface area contributed by atoms with Crippen LogP contribution in [-0.2, 0) is 46.7 Å². The Labute approximate surface area is 293 Å². The summed E-state index contributed by atoms with van der Waals surface area (Å²) in [7, 11) is -3.84. The Bertz CT molecular complexity index is 1640. The van der Waals surface area contributed by atoms with Gasteiger partial charge in [0.15, 0.2) is 0 Å². The standard InChI is InChI=1S/C34H46ClN5O8S/c1-6-47-32(43)28(38-31(42)24-20-39(21-24)49(45,46)27-17-22(2)16-25(35)18-27)19-36-29(41)12-8-7-11-26-14-13-23-10-9-15-40(30(23)37-26)33(44)48-34(3,4)5/h13-14,16-18,24,28H,6-12,15,19-21H2,1-5H3,(H,36,41)(H,38,42). The van der Waals surface area contributed by atoms with Gasteiger partial charge in [-0.05, 0) is 102 Å². The molecule has 0 aliphatic carbocycles. The van der Waals surface area contributed by atoms with Gasteiger partial charge in [-0.1, -0.05) is 17.7 Å². The molecule has 0 radical (unpaired) electrons. The lowest BCUT2D eigenvalue weighted by Crippen LogP contribution is -2.59. The van der Waals surface area contributed by atoms with Crippen LogP contribution in [-0.4, -0.2) is 86.0 Å². The third-order valence-electron chi connectivity index (χ3n) is 8.06. The van der Waals surface area contributed by atoms with Gasteiger partial charge in [0, 0.05) is 43.3 Å². The van der Waals surface area contributed by atoms with Crippen molar-refractivity contribution in [3.05, 3.63) is 52.2 Å². The summed E-state index contributed by atoms with van der Waals surface area (Å²) in [5, 5.41) is 5.61. The molecule has 49 heavy (non-hydrogen) atoms. The molecule has 3 amide bonds. The molecule has 1 aromatic carbocycles. The minimum absolute atomic E-state index is 0.0484. The van der Waals surface area contributed by atoms with Crippen LogP contribution in [0.15, 0.2) is 35.2 Å². The Morgan fingerprint density at radius 3 is 2.51 bits per heavy atom. The smallest absolute Gasteiger partial charge is 0.416 e. The number of esters is 1. The fourth-order valence-corrected chi connectivity index (χ4v) is 7.55. The van der Waals surface area contributed by atoms with Gasteiger partial charge in [0.2, 0.25) is 21.8 Å². The number of nitrogens with zero attached hydrogens (tertiary/aromatic N) is 3. The number of sulfonamides is 1. The monoisotopic (exact) mass is 719 g/mol. The van der Waals surface area contributed by atoms with Crippen molar-refractivity contribution in [2.24, 2.45) is 5.92 Å². The van der Waals surface area contributed by atoms with E-state index < -0.39 is 45.6 Å². The molecule has 15 heteroatoms. The van der Waals surface area contributed by atoms with E-state index in [0.29, 0.717) is 42.2 Å². The second-order valence-corrected chi connectivity index (χ2v) is 15.7. The van der Waals surface area contributed by atoms with Crippen LogP contribution in [0.1, 0.15) is 70.2 Å². The Balaban J connectivity index is 1.24. The maximum atomic E-state index is 13.0. The highest BCUT2D eigenvalue weighted by molar-refractivity contribution is 7.89. The van der Waals surface area contributed by atoms with Gasteiger partial charge in [-0.3, -0.25) is 14.5 Å². The second-order valence-electron chi connectivity index (χ2n) is 13.3. The predicted octanol–water partition coefficient (Wildman–Crippen LogP) is 3.93. The van der Waals surface area contributed by atoms with E-state index in [1.165, 1.54) is 16.4 Å². The molecule has 1 unspecified atom stereocenters. The Morgan fingerprint density at radius 1 is 1.10 bits per heavy atom. The van der Waals surface area contributed by atoms with Gasteiger partial charge in [0.25, 0.3) is 0 Å². The van der Waals surface area contributed by atoms with Crippen molar-refractivity contribution in [1.82, 2.24) is 19.9 Å². The molecule has 0 saturated carbocycles. The minimum atomic E-state index is -3.84. The molecule has 13 nitrogen and oxygen atoms in total. The average molecular weight is 720 g/mol. The summed E-state index contributed by atoms with van der Waals surface area (Å²) < 4.78 is 37.8. The normalized spacial score (nSPS) is 15.8. The fraction of sp³-hybridized carbons (Fsp3) is 0.559. The Kier molecular flexibility index (Phi) is 12.7. The third-order valence-corrected chi connectivity index (χ3v) is 10.1. The van der Waals surface area contributed by atoms with Gasteiger partial charge in [0.1, 0.15) is 17.5 Å². The number of nitrogens with one attached hydrogen (secondary N) is 2. The number of pyridine rings is 1. The molecule has 4 rings (SSSR count). The van der Waals surface area contributed by atoms with Crippen molar-refractivity contribution in [2.45, 2.75) is 89.7 Å². The number of hydrogen-bond donors (Lipinski definition) is 2. The molecule has 0 bridgehead atoms. The molecule has 2 aliphatic rings. The van der Waals surface area contributed by atoms with E-state index in [2.05, 4.69) is 10.6 Å². The van der Waals surface area contributed by atoms with Crippen LogP contribution in [0.25, 0.3) is 0 Å². The van der Waals surface area contributed by atoms with Crippen LogP contribution < -0.4 is 15.5 Å². The first-order valence-corrected chi connectivity index (χ1v) is 18.4. The van der Waals surface area contributed by atoms with E-state index in [9.17, 15) is 27.6 Å². The van der Waals surface area contributed by atoms with E-state index in [1.54, 1.807) is 24.8 Å². The first kappa shape index (κ1) is 38.1. The zero-order valence-electron chi connectivity index (χ0n) is 28.7. The van der Waals surface area contributed by atoms with E-state index in [1.807, 2.05) is 32.9 Å². The number of benzene rings is 1. The van der Waals surface area contributed by atoms with E-state index >= 15 is 0 Å². The van der Waals surface area contributed by atoms with Gasteiger partial charge in [-0.25, -0.2) is 23.0 Å². The number of halogens is 1. The molecule has 1 atom stereocenters. The summed E-state index contributed by atoms with van der Waals surface area (Å²) in [6.07, 6.45) is 3.26. The third kappa shape index (κ3) is 10.4. The number of carbonyl (C=O) groups excluding carboxylic acids is 4. The minimum Gasteiger partial charge on any atom is -0.464 e. The maximum absolute atomic E-state index is 13.0. The number of hydrogen-bond acceptors (Lipinski definition) is 9. The number of aromatic nitrogens is 1. The molecule has 1 aromatic heterocycles. The second kappa shape index (κ2) is 16.3. The first-order chi connectivity index (χ1) is 23.1. The zero-order chi connectivity index (χ0) is 35.9. The van der Waals surface area contributed by atoms with Crippen LogP contribution >= 0.6 is 11.6 Å². The van der Waals surface area contributed by atoms with Crippen molar-refractivity contribution in [3.8, 4) is 0 Å². The van der Waals surface area contributed by atoms with Gasteiger partial charge in [-0.15, -0.1) is 0 Å². The van der Waals surface area contributed by atoms with Gasteiger partial charge in [0.05, 0.1) is 17.4 Å². The van der Waals surface area contributed by atoms with Crippen LogP contribution in [0, 0.1) is 12.8 Å². The molecule has 268 valence electrons. The lowest BCUT2D eigenvalue weighted by Gasteiger charge is -2.37. The lowest BCUT2D eigenvalue weighted by molar-refractivity contribution is -0.148. The molecule has 0 spiro atoms. The Hall–Kier alpha value is -3.75. The topological polar surface area (TPSA) is 164 Å². The molecular formula is C34H46ClN5O8S. The summed E-state index contributed by atoms with van der Waals surface area (Å²) >= 11 is 6.04. The van der Waals surface area contributed by atoms with E-state index in [0.717, 1.165) is 24.1 Å². The van der Waals surface area contributed by atoms with Crippen LogP contribution in [0.2, 0.25) is 5.02 Å². The van der Waals surface area contributed by atoms with Gasteiger partial charge < -0.3 is 20.1 Å². The van der Waals surface area contributed by atoms with Gasteiger partial charge >= 0.3 is 12.1 Å². The molecule has 2 aliphatic heterocycles. The quantitative estimate of drug-likeness (QED) is 0.231. The maximum Gasteiger partial charge on any atom is 0.416 e. The molecule has 2 aromatic rings. The average Bonchev–Trinajstić information content (AvgIpc) is 2.98. The summed E-state index contributed by atoms with van der Waals surface area (Å²) in [6, 6.07) is 7.33. The highest BCUT2D eigenvalue weighted by Crippen LogP contribution is 2.29. The summed E-state index contributed by atoms with van der Waals surface area (Å²) in [5.41, 5.74) is 1.89. The fourth-order valence-electron chi connectivity index (χ4n) is 5.54. The number of rotatable bonds is 13. The predicted molar refractivity (Wildman–Crippen MR) is 184 cm³/mol. The molecule has 3 heterocycles. The number of unbranched alkanes of at least 4 members (excludes halogenated alkanes) is 1. The molecule has 1 saturated heterocycles. The number of ether oxygens (including phenoxy) is 2. The van der Waals surface area contributed by atoms with Crippen molar-refractivity contribution >= 4 is 51.3 Å². The molecular weight excluding hydrogens is 674 g/mol. The Morgan fingerprint density at radius 2 is 1.84 bits per heavy atom. The number of aryl methyl sites for hydroxylation is 3. The van der Waals surface area contributed by atoms with Crippen LogP contribution in [0.4, 0.5) is 10.6 Å². The van der Waals surface area contributed by atoms with Crippen LogP contribution in [0.3, 0.4) is 0 Å². The lowest BCUT2D eigenvalue weighted by atomic mass is 10.0. The van der Waals surface area contributed by atoms with E-state index in [-0.39, 0.29) is 43.5 Å². The first-order valence-electron chi connectivity index (χ1n) is 16.6. The number of anilines is 1. The van der Waals surface area contributed by atoms with Crippen molar-refractivity contribution in [1.29, 1.82) is 0 Å². The van der Waals surface area contributed by atoms with E-state index in [4.69, 9.17) is 26.1 Å². The number of amides is 3. The largest absolute Gasteiger partial charge is 0.464 e. The number of carbonyl (C=O) groups is 4. The molecule has 1 fully saturated rings.